The smallest absolute Gasteiger partial charge is 0.255 e. The molecule has 0 radical (unpaired) electrons. The second-order valence-corrected chi connectivity index (χ2v) is 7.82. The van der Waals surface area contributed by atoms with Gasteiger partial charge >= 0.3 is 0 Å². The standard InChI is InChI=1S/C21H23N5O2S/c1-14(2)15-6-4-9-18(10-15)24-20(28)16-7-5-8-17(11-16)23-19(27)12-29-21-25-22-13-26(21)3/h4-11,13-14H,12H2,1-3H3,(H,23,27)(H,24,28). The normalized spacial score (nSPS) is 10.8. The van der Waals surface area contributed by atoms with Gasteiger partial charge in [0.1, 0.15) is 6.33 Å². The number of benzene rings is 2. The van der Waals surface area contributed by atoms with Crippen LogP contribution in [-0.4, -0.2) is 32.3 Å². The Balaban J connectivity index is 1.61. The molecule has 29 heavy (non-hydrogen) atoms. The van der Waals surface area contributed by atoms with Crippen molar-refractivity contribution in [2.75, 3.05) is 16.4 Å². The molecule has 1 aromatic heterocycles. The Morgan fingerprint density at radius 1 is 1.07 bits per heavy atom. The van der Waals surface area contributed by atoms with Crippen LogP contribution in [0.25, 0.3) is 0 Å². The van der Waals surface area contributed by atoms with Crippen LogP contribution in [0.5, 0.6) is 0 Å². The van der Waals surface area contributed by atoms with Gasteiger partial charge in [0.15, 0.2) is 5.16 Å². The summed E-state index contributed by atoms with van der Waals surface area (Å²) in [5.41, 5.74) is 2.94. The molecule has 150 valence electrons. The maximum atomic E-state index is 12.6. The summed E-state index contributed by atoms with van der Waals surface area (Å²) < 4.78 is 1.75. The van der Waals surface area contributed by atoms with E-state index in [9.17, 15) is 9.59 Å². The molecule has 0 saturated heterocycles. The third kappa shape index (κ3) is 5.68. The minimum absolute atomic E-state index is 0.180. The number of aryl methyl sites for hydroxylation is 1. The van der Waals surface area contributed by atoms with Crippen LogP contribution in [0.1, 0.15) is 35.7 Å². The minimum Gasteiger partial charge on any atom is -0.325 e. The Kier molecular flexibility index (Phi) is 6.66. The summed E-state index contributed by atoms with van der Waals surface area (Å²) in [6.45, 7) is 4.21. The molecule has 3 rings (SSSR count). The van der Waals surface area contributed by atoms with Crippen LogP contribution in [0, 0.1) is 0 Å². The number of aromatic nitrogens is 3. The predicted octanol–water partition coefficient (Wildman–Crippen LogP) is 3.92. The van der Waals surface area contributed by atoms with Gasteiger partial charge in [-0.25, -0.2) is 0 Å². The van der Waals surface area contributed by atoms with Crippen LogP contribution in [0.15, 0.2) is 60.0 Å². The number of hydrogen-bond acceptors (Lipinski definition) is 5. The van der Waals surface area contributed by atoms with E-state index in [1.54, 1.807) is 35.2 Å². The zero-order valence-electron chi connectivity index (χ0n) is 16.5. The number of anilines is 2. The zero-order valence-corrected chi connectivity index (χ0v) is 17.4. The van der Waals surface area contributed by atoms with Gasteiger partial charge in [-0.15, -0.1) is 10.2 Å². The first-order chi connectivity index (χ1) is 13.9. The molecule has 0 unspecified atom stereocenters. The van der Waals surface area contributed by atoms with Gasteiger partial charge in [0.25, 0.3) is 5.91 Å². The molecule has 0 aliphatic carbocycles. The summed E-state index contributed by atoms with van der Waals surface area (Å²) in [6, 6.07) is 14.7. The molecule has 3 aromatic rings. The van der Waals surface area contributed by atoms with Crippen molar-refractivity contribution >= 4 is 35.0 Å². The topological polar surface area (TPSA) is 88.9 Å². The van der Waals surface area contributed by atoms with Crippen molar-refractivity contribution in [3.05, 3.63) is 66.0 Å². The molecule has 0 saturated carbocycles. The summed E-state index contributed by atoms with van der Waals surface area (Å²) >= 11 is 1.29. The molecule has 7 nitrogen and oxygen atoms in total. The van der Waals surface area contributed by atoms with E-state index in [0.717, 1.165) is 11.3 Å². The van der Waals surface area contributed by atoms with Crippen LogP contribution in [0.4, 0.5) is 11.4 Å². The molecule has 2 aromatic carbocycles. The zero-order chi connectivity index (χ0) is 20.8. The molecule has 0 bridgehead atoms. The molecule has 0 fully saturated rings. The molecule has 0 aliphatic heterocycles. The third-order valence-electron chi connectivity index (χ3n) is 4.22. The number of nitrogens with one attached hydrogen (secondary N) is 2. The third-order valence-corrected chi connectivity index (χ3v) is 5.26. The lowest BCUT2D eigenvalue weighted by Crippen LogP contribution is -2.16. The number of carbonyl (C=O) groups excluding carboxylic acids is 2. The van der Waals surface area contributed by atoms with Crippen LogP contribution in [0.3, 0.4) is 0 Å². The monoisotopic (exact) mass is 409 g/mol. The summed E-state index contributed by atoms with van der Waals surface area (Å²) in [4.78, 5) is 24.8. The molecular weight excluding hydrogens is 386 g/mol. The highest BCUT2D eigenvalue weighted by Gasteiger charge is 2.11. The van der Waals surface area contributed by atoms with Crippen molar-refractivity contribution in [3.8, 4) is 0 Å². The minimum atomic E-state index is -0.226. The first-order valence-corrected chi connectivity index (χ1v) is 10.2. The molecule has 1 heterocycles. The lowest BCUT2D eigenvalue weighted by atomic mass is 10.0. The van der Waals surface area contributed by atoms with Crippen LogP contribution < -0.4 is 10.6 Å². The molecule has 8 heteroatoms. The van der Waals surface area contributed by atoms with E-state index in [0.29, 0.717) is 22.3 Å². The fourth-order valence-corrected chi connectivity index (χ4v) is 3.34. The average molecular weight is 410 g/mol. The van der Waals surface area contributed by atoms with E-state index >= 15 is 0 Å². The first-order valence-electron chi connectivity index (χ1n) is 9.20. The summed E-state index contributed by atoms with van der Waals surface area (Å²) in [6.07, 6.45) is 1.58. The van der Waals surface area contributed by atoms with Crippen LogP contribution in [0.2, 0.25) is 0 Å². The summed E-state index contributed by atoms with van der Waals surface area (Å²) in [5, 5.41) is 14.1. The Bertz CT molecular complexity index is 1020. The van der Waals surface area contributed by atoms with E-state index in [4.69, 9.17) is 0 Å². The maximum absolute atomic E-state index is 12.6. The number of carbonyl (C=O) groups is 2. The average Bonchev–Trinajstić information content (AvgIpc) is 3.11. The number of amides is 2. The Hall–Kier alpha value is -3.13. The summed E-state index contributed by atoms with van der Waals surface area (Å²) in [5.74, 6) is 0.172. The highest BCUT2D eigenvalue weighted by atomic mass is 32.2. The molecule has 2 N–H and O–H groups in total. The summed E-state index contributed by atoms with van der Waals surface area (Å²) in [7, 11) is 1.82. The van der Waals surface area contributed by atoms with Crippen molar-refractivity contribution in [1.82, 2.24) is 14.8 Å². The number of hydrogen-bond donors (Lipinski definition) is 2. The lowest BCUT2D eigenvalue weighted by molar-refractivity contribution is -0.113. The van der Waals surface area contributed by atoms with Gasteiger partial charge in [-0.2, -0.15) is 0 Å². The fraction of sp³-hybridized carbons (Fsp3) is 0.238. The van der Waals surface area contributed by atoms with Gasteiger partial charge < -0.3 is 15.2 Å². The Morgan fingerprint density at radius 3 is 2.48 bits per heavy atom. The van der Waals surface area contributed by atoms with E-state index in [-0.39, 0.29) is 17.6 Å². The highest BCUT2D eigenvalue weighted by molar-refractivity contribution is 7.99. The van der Waals surface area contributed by atoms with Gasteiger partial charge in [0, 0.05) is 24.0 Å². The van der Waals surface area contributed by atoms with Gasteiger partial charge in [0.05, 0.1) is 5.75 Å². The number of thioether (sulfide) groups is 1. The van der Waals surface area contributed by atoms with E-state index in [2.05, 4.69) is 34.7 Å². The number of nitrogens with zero attached hydrogens (tertiary/aromatic N) is 3. The largest absolute Gasteiger partial charge is 0.325 e. The van der Waals surface area contributed by atoms with Gasteiger partial charge in [-0.3, -0.25) is 9.59 Å². The number of rotatable bonds is 7. The molecule has 0 spiro atoms. The van der Waals surface area contributed by atoms with Crippen LogP contribution in [-0.2, 0) is 11.8 Å². The molecular formula is C21H23N5O2S. The van der Waals surface area contributed by atoms with E-state index in [1.165, 1.54) is 11.8 Å². The van der Waals surface area contributed by atoms with E-state index in [1.807, 2.05) is 31.3 Å². The predicted molar refractivity (Wildman–Crippen MR) is 115 cm³/mol. The van der Waals surface area contributed by atoms with Gasteiger partial charge in [-0.05, 0) is 41.8 Å². The first kappa shape index (κ1) is 20.6. The van der Waals surface area contributed by atoms with E-state index < -0.39 is 0 Å². The fourth-order valence-electron chi connectivity index (χ4n) is 2.65. The second-order valence-electron chi connectivity index (χ2n) is 6.88. The van der Waals surface area contributed by atoms with Crippen molar-refractivity contribution in [3.63, 3.8) is 0 Å². The van der Waals surface area contributed by atoms with Crippen molar-refractivity contribution in [1.29, 1.82) is 0 Å². The Morgan fingerprint density at radius 2 is 1.79 bits per heavy atom. The lowest BCUT2D eigenvalue weighted by Gasteiger charge is -2.11. The second kappa shape index (κ2) is 9.38. The Labute approximate surface area is 173 Å². The van der Waals surface area contributed by atoms with Crippen molar-refractivity contribution in [2.24, 2.45) is 7.05 Å². The highest BCUT2D eigenvalue weighted by Crippen LogP contribution is 2.20. The molecule has 0 aliphatic rings. The molecule has 2 amide bonds. The van der Waals surface area contributed by atoms with Gasteiger partial charge in [-0.1, -0.05) is 43.8 Å². The van der Waals surface area contributed by atoms with Crippen LogP contribution >= 0.6 is 11.8 Å². The quantitative estimate of drug-likeness (QED) is 0.578. The van der Waals surface area contributed by atoms with Gasteiger partial charge in [0.2, 0.25) is 5.91 Å². The molecule has 0 atom stereocenters. The maximum Gasteiger partial charge on any atom is 0.255 e. The van der Waals surface area contributed by atoms with Crippen molar-refractivity contribution < 1.29 is 9.59 Å². The van der Waals surface area contributed by atoms with Crippen molar-refractivity contribution in [2.45, 2.75) is 24.9 Å². The SMILES string of the molecule is CC(C)c1cccc(NC(=O)c2cccc(NC(=O)CSc3nncn3C)c2)c1.